The molecule has 0 saturated heterocycles. The second-order valence-corrected chi connectivity index (χ2v) is 5.85. The van der Waals surface area contributed by atoms with E-state index in [0.29, 0.717) is 12.4 Å². The van der Waals surface area contributed by atoms with Gasteiger partial charge in [-0.2, -0.15) is 5.10 Å². The number of benzene rings is 1. The van der Waals surface area contributed by atoms with E-state index < -0.39 is 10.0 Å². The molecular weight excluding hydrogens is 264 g/mol. The molecule has 0 aliphatic heterocycles. The number of sulfonamides is 1. The van der Waals surface area contributed by atoms with Crippen LogP contribution in [0.1, 0.15) is 5.56 Å². The molecule has 0 saturated carbocycles. The van der Waals surface area contributed by atoms with E-state index >= 15 is 0 Å². The van der Waals surface area contributed by atoms with Gasteiger partial charge in [0.25, 0.3) is 10.0 Å². The summed E-state index contributed by atoms with van der Waals surface area (Å²) < 4.78 is 28.1. The zero-order chi connectivity index (χ0) is 13.9. The first-order valence-electron chi connectivity index (χ1n) is 5.83. The summed E-state index contributed by atoms with van der Waals surface area (Å²) in [7, 11) is -1.87. The smallest absolute Gasteiger partial charge is 0.263 e. The Morgan fingerprint density at radius 2 is 1.95 bits per heavy atom. The topological polar surface area (TPSA) is 90.0 Å². The quantitative estimate of drug-likeness (QED) is 0.844. The molecular formula is C12H16N4O2S. The van der Waals surface area contributed by atoms with Crippen LogP contribution in [0.3, 0.4) is 0 Å². The van der Waals surface area contributed by atoms with Gasteiger partial charge in [-0.05, 0) is 30.7 Å². The van der Waals surface area contributed by atoms with Gasteiger partial charge in [0.1, 0.15) is 0 Å². The number of nitrogens with two attached hydrogens (primary N) is 1. The van der Waals surface area contributed by atoms with E-state index in [0.717, 1.165) is 12.0 Å². The predicted octanol–water partition coefficient (Wildman–Crippen LogP) is 0.722. The van der Waals surface area contributed by atoms with Crippen molar-refractivity contribution in [2.75, 3.05) is 11.3 Å². The molecule has 0 aliphatic carbocycles. The van der Waals surface area contributed by atoms with Crippen molar-refractivity contribution in [3.63, 3.8) is 0 Å². The monoisotopic (exact) mass is 280 g/mol. The molecule has 2 aromatic rings. The van der Waals surface area contributed by atoms with Crippen LogP contribution in [0.25, 0.3) is 0 Å². The third-order valence-corrected chi connectivity index (χ3v) is 3.99. The van der Waals surface area contributed by atoms with Crippen LogP contribution in [0.15, 0.2) is 41.4 Å². The minimum absolute atomic E-state index is 0.207. The molecule has 1 aromatic heterocycles. The number of nitrogens with zero attached hydrogens (tertiary/aromatic N) is 2. The van der Waals surface area contributed by atoms with Crippen molar-refractivity contribution in [3.05, 3.63) is 42.1 Å². The first-order valence-corrected chi connectivity index (χ1v) is 7.31. The van der Waals surface area contributed by atoms with E-state index in [1.807, 2.05) is 0 Å². The van der Waals surface area contributed by atoms with Crippen molar-refractivity contribution < 1.29 is 8.42 Å². The van der Waals surface area contributed by atoms with Gasteiger partial charge in [-0.3, -0.25) is 9.40 Å². The van der Waals surface area contributed by atoms with Crippen LogP contribution in [-0.4, -0.2) is 24.7 Å². The summed E-state index contributed by atoms with van der Waals surface area (Å²) in [6, 6.07) is 8.26. The highest BCUT2D eigenvalue weighted by molar-refractivity contribution is 7.92. The molecule has 3 N–H and O–H groups in total. The van der Waals surface area contributed by atoms with Gasteiger partial charge in [-0.15, -0.1) is 0 Å². The van der Waals surface area contributed by atoms with Crippen molar-refractivity contribution >= 4 is 15.8 Å². The molecule has 0 amide bonds. The Morgan fingerprint density at radius 1 is 1.26 bits per heavy atom. The summed E-state index contributed by atoms with van der Waals surface area (Å²) in [6.07, 6.45) is 2.40. The fourth-order valence-electron chi connectivity index (χ4n) is 1.67. The number of anilines is 1. The largest absolute Gasteiger partial charge is 0.330 e. The van der Waals surface area contributed by atoms with Crippen molar-refractivity contribution in [1.82, 2.24) is 9.78 Å². The maximum atomic E-state index is 12.1. The van der Waals surface area contributed by atoms with Gasteiger partial charge in [0.05, 0.1) is 4.90 Å². The van der Waals surface area contributed by atoms with Gasteiger partial charge < -0.3 is 5.73 Å². The number of aryl methyl sites for hydroxylation is 1. The second kappa shape index (κ2) is 5.41. The number of hydrogen-bond acceptors (Lipinski definition) is 4. The third kappa shape index (κ3) is 3.33. The lowest BCUT2D eigenvalue weighted by Crippen LogP contribution is -2.13. The van der Waals surface area contributed by atoms with Crippen LogP contribution in [0.5, 0.6) is 0 Å². The maximum absolute atomic E-state index is 12.1. The van der Waals surface area contributed by atoms with E-state index in [2.05, 4.69) is 9.82 Å². The van der Waals surface area contributed by atoms with Gasteiger partial charge >= 0.3 is 0 Å². The highest BCUT2D eigenvalue weighted by Crippen LogP contribution is 2.15. The molecule has 1 heterocycles. The Labute approximate surface area is 112 Å². The van der Waals surface area contributed by atoms with Crippen molar-refractivity contribution in [2.24, 2.45) is 12.8 Å². The zero-order valence-electron chi connectivity index (χ0n) is 10.6. The average molecular weight is 280 g/mol. The molecule has 0 spiro atoms. The average Bonchev–Trinajstić information content (AvgIpc) is 2.75. The number of nitrogens with one attached hydrogen (secondary N) is 1. The molecule has 0 fully saturated rings. The molecule has 7 heteroatoms. The molecule has 1 aromatic carbocycles. The van der Waals surface area contributed by atoms with E-state index in [1.165, 1.54) is 4.68 Å². The molecule has 6 nitrogen and oxygen atoms in total. The van der Waals surface area contributed by atoms with Crippen molar-refractivity contribution in [3.8, 4) is 0 Å². The minimum atomic E-state index is -3.59. The number of rotatable bonds is 5. The van der Waals surface area contributed by atoms with E-state index in [4.69, 9.17) is 5.73 Å². The maximum Gasteiger partial charge on any atom is 0.263 e. The number of hydrogen-bond donors (Lipinski definition) is 2. The van der Waals surface area contributed by atoms with Crippen LogP contribution in [-0.2, 0) is 23.5 Å². The summed E-state index contributed by atoms with van der Waals surface area (Å²) in [5.41, 5.74) is 6.46. The molecule has 102 valence electrons. The minimum Gasteiger partial charge on any atom is -0.330 e. The van der Waals surface area contributed by atoms with Gasteiger partial charge in [-0.25, -0.2) is 8.42 Å². The molecule has 0 unspecified atom stereocenters. The third-order valence-electron chi connectivity index (χ3n) is 2.62. The van der Waals surface area contributed by atoms with Crippen LogP contribution >= 0.6 is 0 Å². The number of aromatic nitrogens is 2. The van der Waals surface area contributed by atoms with Gasteiger partial charge in [0.2, 0.25) is 0 Å². The second-order valence-electron chi connectivity index (χ2n) is 4.16. The predicted molar refractivity (Wildman–Crippen MR) is 73.2 cm³/mol. The SMILES string of the molecule is Cn1ccc(NS(=O)(=O)c2ccc(CCN)cc2)n1. The lowest BCUT2D eigenvalue weighted by molar-refractivity contribution is 0.601. The fraction of sp³-hybridized carbons (Fsp3) is 0.250. The first-order chi connectivity index (χ1) is 9.01. The van der Waals surface area contributed by atoms with Gasteiger partial charge in [0, 0.05) is 19.3 Å². The molecule has 0 atom stereocenters. The molecule has 0 aliphatic rings. The van der Waals surface area contributed by atoms with Gasteiger partial charge in [0.15, 0.2) is 5.82 Å². The van der Waals surface area contributed by atoms with Crippen LogP contribution in [0.2, 0.25) is 0 Å². The van der Waals surface area contributed by atoms with Crippen molar-refractivity contribution in [1.29, 1.82) is 0 Å². The Hall–Kier alpha value is -1.86. The normalized spacial score (nSPS) is 11.5. The standard InChI is InChI=1S/C12H16N4O2S/c1-16-9-7-12(14-16)15-19(17,18)11-4-2-10(3-5-11)6-8-13/h2-5,7,9H,6,8,13H2,1H3,(H,14,15). The molecule has 0 bridgehead atoms. The van der Waals surface area contributed by atoms with Crippen LogP contribution < -0.4 is 10.5 Å². The summed E-state index contributed by atoms with van der Waals surface area (Å²) in [5.74, 6) is 0.300. The van der Waals surface area contributed by atoms with Gasteiger partial charge in [-0.1, -0.05) is 12.1 Å². The zero-order valence-corrected chi connectivity index (χ0v) is 11.4. The Bertz CT molecular complexity index is 647. The summed E-state index contributed by atoms with van der Waals surface area (Å²) in [5, 5.41) is 3.98. The lowest BCUT2D eigenvalue weighted by atomic mass is 10.2. The molecule has 19 heavy (non-hydrogen) atoms. The van der Waals surface area contributed by atoms with Crippen molar-refractivity contribution in [2.45, 2.75) is 11.3 Å². The highest BCUT2D eigenvalue weighted by Gasteiger charge is 2.15. The highest BCUT2D eigenvalue weighted by atomic mass is 32.2. The van der Waals surface area contributed by atoms with E-state index in [9.17, 15) is 8.42 Å². The Morgan fingerprint density at radius 3 is 2.47 bits per heavy atom. The lowest BCUT2D eigenvalue weighted by Gasteiger charge is -2.06. The summed E-state index contributed by atoms with van der Waals surface area (Å²) in [6.45, 7) is 0.540. The van der Waals surface area contributed by atoms with Crippen LogP contribution in [0.4, 0.5) is 5.82 Å². The molecule has 2 rings (SSSR count). The Kier molecular flexibility index (Phi) is 3.87. The van der Waals surface area contributed by atoms with Crippen LogP contribution in [0, 0.1) is 0 Å². The Balaban J connectivity index is 2.19. The summed E-state index contributed by atoms with van der Waals surface area (Å²) >= 11 is 0. The molecule has 0 radical (unpaired) electrons. The van der Waals surface area contributed by atoms with E-state index in [1.54, 1.807) is 43.6 Å². The van der Waals surface area contributed by atoms with E-state index in [-0.39, 0.29) is 4.90 Å². The summed E-state index contributed by atoms with van der Waals surface area (Å²) in [4.78, 5) is 0.207. The first kappa shape index (κ1) is 13.6. The fourth-order valence-corrected chi connectivity index (χ4v) is 2.66.